The van der Waals surface area contributed by atoms with Crippen LogP contribution in [-0.2, 0) is 9.53 Å². The largest absolute Gasteiger partial charge is 0.467 e. The van der Waals surface area contributed by atoms with Crippen LogP contribution >= 0.6 is 0 Å². The number of methoxy groups -OCH3 is 1. The normalized spacial score (nSPS) is 12.3. The van der Waals surface area contributed by atoms with E-state index < -0.39 is 17.6 Å². The molecule has 0 radical (unpaired) electrons. The highest BCUT2D eigenvalue weighted by atomic mass is 16.5. The third-order valence-corrected chi connectivity index (χ3v) is 3.83. The summed E-state index contributed by atoms with van der Waals surface area (Å²) in [7, 11) is 1.29. The fourth-order valence-electron chi connectivity index (χ4n) is 2.59. The molecule has 0 saturated heterocycles. The van der Waals surface area contributed by atoms with E-state index in [4.69, 9.17) is 4.74 Å². The van der Waals surface area contributed by atoms with Gasteiger partial charge in [-0.05, 0) is 31.0 Å². The van der Waals surface area contributed by atoms with Gasteiger partial charge in [-0.25, -0.2) is 9.78 Å². The molecule has 0 bridgehead atoms. The van der Waals surface area contributed by atoms with Crippen LogP contribution in [0, 0.1) is 6.92 Å². The molecule has 0 aliphatic rings. The summed E-state index contributed by atoms with van der Waals surface area (Å²) in [6.07, 6.45) is 1.75. The molecule has 2 aromatic heterocycles. The summed E-state index contributed by atoms with van der Waals surface area (Å²) in [5.74, 6) is -0.494. The number of ether oxygens (including phenoxy) is 1. The molecule has 8 heteroatoms. The van der Waals surface area contributed by atoms with Gasteiger partial charge in [-0.15, -0.1) is 5.10 Å². The lowest BCUT2D eigenvalue weighted by Crippen LogP contribution is -2.30. The Morgan fingerprint density at radius 3 is 2.83 bits per heavy atom. The quantitative estimate of drug-likeness (QED) is 0.673. The van der Waals surface area contributed by atoms with Crippen molar-refractivity contribution in [3.8, 4) is 5.69 Å². The van der Waals surface area contributed by atoms with E-state index in [-0.39, 0.29) is 5.52 Å². The number of rotatable bonds is 4. The van der Waals surface area contributed by atoms with Crippen LogP contribution in [0.2, 0.25) is 0 Å². The van der Waals surface area contributed by atoms with Crippen LogP contribution in [-0.4, -0.2) is 37.6 Å². The maximum Gasteiger partial charge on any atom is 0.329 e. The number of hydrogen-bond acceptors (Lipinski definition) is 6. The average molecular weight is 327 g/mol. The van der Waals surface area contributed by atoms with Crippen molar-refractivity contribution in [2.75, 3.05) is 7.11 Å². The molecule has 0 aliphatic carbocycles. The molecule has 0 unspecified atom stereocenters. The maximum atomic E-state index is 12.7. The van der Waals surface area contributed by atoms with Crippen molar-refractivity contribution in [2.24, 2.45) is 0 Å². The highest BCUT2D eigenvalue weighted by Crippen LogP contribution is 2.15. The van der Waals surface area contributed by atoms with Gasteiger partial charge in [-0.1, -0.05) is 24.3 Å². The van der Waals surface area contributed by atoms with Gasteiger partial charge in [0.25, 0.3) is 5.56 Å². The van der Waals surface area contributed by atoms with Crippen LogP contribution < -0.4 is 5.56 Å². The number of hydrogen-bond donors (Lipinski definition) is 0. The van der Waals surface area contributed by atoms with E-state index in [9.17, 15) is 9.59 Å². The second-order valence-electron chi connectivity index (χ2n) is 5.42. The third-order valence-electron chi connectivity index (χ3n) is 3.83. The van der Waals surface area contributed by atoms with Crippen molar-refractivity contribution in [2.45, 2.75) is 26.3 Å². The van der Waals surface area contributed by atoms with Crippen LogP contribution in [0.15, 0.2) is 35.4 Å². The molecular weight excluding hydrogens is 310 g/mol. The van der Waals surface area contributed by atoms with Crippen LogP contribution in [0.3, 0.4) is 0 Å². The minimum absolute atomic E-state index is 0.112. The molecule has 0 N–H and O–H groups in total. The lowest BCUT2D eigenvalue weighted by molar-refractivity contribution is -0.144. The van der Waals surface area contributed by atoms with Gasteiger partial charge in [0.15, 0.2) is 11.2 Å². The predicted molar refractivity (Wildman–Crippen MR) is 87.0 cm³/mol. The number of aryl methyl sites for hydroxylation is 1. The first-order valence-corrected chi connectivity index (χ1v) is 7.54. The lowest BCUT2D eigenvalue weighted by Gasteiger charge is -2.14. The molecular formula is C16H17N5O3. The SMILES string of the molecule is CC[C@H](C(=O)OC)n1cnc2c(nnn2-c2cccc(C)c2)c1=O. The summed E-state index contributed by atoms with van der Waals surface area (Å²) >= 11 is 0. The Morgan fingerprint density at radius 2 is 2.17 bits per heavy atom. The van der Waals surface area contributed by atoms with Crippen molar-refractivity contribution in [3.63, 3.8) is 0 Å². The lowest BCUT2D eigenvalue weighted by atomic mass is 10.2. The van der Waals surface area contributed by atoms with Gasteiger partial charge in [0.1, 0.15) is 12.4 Å². The van der Waals surface area contributed by atoms with E-state index in [0.29, 0.717) is 12.1 Å². The van der Waals surface area contributed by atoms with Crippen molar-refractivity contribution in [3.05, 3.63) is 46.5 Å². The van der Waals surface area contributed by atoms with Crippen molar-refractivity contribution >= 4 is 17.1 Å². The molecule has 0 fully saturated rings. The molecule has 8 nitrogen and oxygen atoms in total. The minimum Gasteiger partial charge on any atom is -0.467 e. The topological polar surface area (TPSA) is 91.9 Å². The van der Waals surface area contributed by atoms with Crippen molar-refractivity contribution in [1.29, 1.82) is 0 Å². The summed E-state index contributed by atoms with van der Waals surface area (Å²) in [5, 5.41) is 7.99. The number of benzene rings is 1. The molecule has 0 spiro atoms. The monoisotopic (exact) mass is 327 g/mol. The smallest absolute Gasteiger partial charge is 0.329 e. The van der Waals surface area contributed by atoms with Gasteiger partial charge in [-0.2, -0.15) is 4.68 Å². The van der Waals surface area contributed by atoms with Crippen LogP contribution in [0.1, 0.15) is 24.9 Å². The maximum absolute atomic E-state index is 12.7. The first kappa shape index (κ1) is 15.9. The van der Waals surface area contributed by atoms with Gasteiger partial charge in [0.05, 0.1) is 12.8 Å². The molecule has 24 heavy (non-hydrogen) atoms. The highest BCUT2D eigenvalue weighted by Gasteiger charge is 2.23. The van der Waals surface area contributed by atoms with E-state index in [2.05, 4.69) is 15.3 Å². The first-order valence-electron chi connectivity index (χ1n) is 7.54. The Kier molecular flexibility index (Phi) is 4.11. The summed E-state index contributed by atoms with van der Waals surface area (Å²) in [6, 6.07) is 6.90. The zero-order chi connectivity index (χ0) is 17.3. The Bertz CT molecular complexity index is 960. The van der Waals surface area contributed by atoms with Crippen LogP contribution in [0.25, 0.3) is 16.9 Å². The Morgan fingerprint density at radius 1 is 1.38 bits per heavy atom. The molecule has 0 saturated carbocycles. The van der Waals surface area contributed by atoms with E-state index in [1.807, 2.05) is 31.2 Å². The average Bonchev–Trinajstić information content (AvgIpc) is 3.02. The first-order chi connectivity index (χ1) is 11.6. The molecule has 1 atom stereocenters. The van der Waals surface area contributed by atoms with Gasteiger partial charge < -0.3 is 4.74 Å². The van der Waals surface area contributed by atoms with Gasteiger partial charge in [-0.3, -0.25) is 9.36 Å². The fraction of sp³-hybridized carbons (Fsp3) is 0.312. The molecule has 1 aromatic carbocycles. The molecule has 0 amide bonds. The van der Waals surface area contributed by atoms with E-state index in [1.165, 1.54) is 22.7 Å². The Hall–Kier alpha value is -3.03. The number of carbonyl (C=O) groups is 1. The second kappa shape index (κ2) is 6.23. The second-order valence-corrected chi connectivity index (χ2v) is 5.42. The van der Waals surface area contributed by atoms with E-state index in [1.54, 1.807) is 6.92 Å². The number of nitrogens with zero attached hydrogens (tertiary/aromatic N) is 5. The van der Waals surface area contributed by atoms with E-state index >= 15 is 0 Å². The van der Waals surface area contributed by atoms with Crippen molar-refractivity contribution in [1.82, 2.24) is 24.5 Å². The predicted octanol–water partition coefficient (Wildman–Crippen LogP) is 1.41. The number of esters is 1. The third kappa shape index (κ3) is 2.55. The number of aromatic nitrogens is 5. The fourth-order valence-corrected chi connectivity index (χ4v) is 2.59. The number of fused-ring (bicyclic) bond motifs is 1. The zero-order valence-corrected chi connectivity index (χ0v) is 13.6. The van der Waals surface area contributed by atoms with Gasteiger partial charge in [0.2, 0.25) is 0 Å². The van der Waals surface area contributed by atoms with Crippen molar-refractivity contribution < 1.29 is 9.53 Å². The van der Waals surface area contributed by atoms with Crippen LogP contribution in [0.5, 0.6) is 0 Å². The Labute approximate surface area is 137 Å². The van der Waals surface area contributed by atoms with Gasteiger partial charge in [0, 0.05) is 0 Å². The summed E-state index contributed by atoms with van der Waals surface area (Å²) in [6.45, 7) is 3.76. The van der Waals surface area contributed by atoms with E-state index in [0.717, 1.165) is 11.3 Å². The molecule has 3 aromatic rings. The molecule has 2 heterocycles. The standard InChI is InChI=1S/C16H17N5O3/c1-4-12(16(23)24-3)20-9-17-14-13(15(20)22)18-19-21(14)11-7-5-6-10(2)8-11/h5-9,12H,4H2,1-3H3/t12-/m1/s1. The number of carbonyl (C=O) groups excluding carboxylic acids is 1. The molecule has 124 valence electrons. The Balaban J connectivity index is 2.16. The molecule has 3 rings (SSSR count). The van der Waals surface area contributed by atoms with Gasteiger partial charge >= 0.3 is 5.97 Å². The summed E-state index contributed by atoms with van der Waals surface area (Å²) in [5.41, 5.74) is 1.86. The molecule has 0 aliphatic heterocycles. The minimum atomic E-state index is -0.733. The van der Waals surface area contributed by atoms with Crippen LogP contribution in [0.4, 0.5) is 0 Å². The highest BCUT2D eigenvalue weighted by molar-refractivity contribution is 5.75. The summed E-state index contributed by atoms with van der Waals surface area (Å²) < 4.78 is 7.49. The summed E-state index contributed by atoms with van der Waals surface area (Å²) in [4.78, 5) is 28.8. The zero-order valence-electron chi connectivity index (χ0n) is 13.6.